The van der Waals surface area contributed by atoms with E-state index in [1.54, 1.807) is 62.3 Å². The Kier molecular flexibility index (Phi) is 40.9. The molecule has 10 aliphatic heterocycles. The second-order valence-electron chi connectivity index (χ2n) is 35.7. The van der Waals surface area contributed by atoms with E-state index in [9.17, 15) is 125 Å². The molecule has 0 aromatic heterocycles. The Morgan fingerprint density at radius 1 is 0.436 bits per heavy atom. The van der Waals surface area contributed by atoms with E-state index in [-0.39, 0.29) is 174 Å². The normalized spacial score (nSPS) is 19.1. The number of carboxylic acid groups (broad SMARTS) is 2. The van der Waals surface area contributed by atoms with Crippen LogP contribution in [-0.4, -0.2) is 262 Å². The number of carboxylic acids is 2. The van der Waals surface area contributed by atoms with Gasteiger partial charge in [-0.05, 0) is 183 Å². The van der Waals surface area contributed by atoms with Crippen LogP contribution in [0.5, 0.6) is 23.0 Å². The van der Waals surface area contributed by atoms with Crippen molar-refractivity contribution in [2.24, 2.45) is 23.3 Å². The monoisotopic (exact) mass is 2030 g/mol. The maximum atomic E-state index is 12.9. The number of cyclic esters (lactones) is 2. The van der Waals surface area contributed by atoms with Crippen LogP contribution in [-0.2, 0) is 110 Å². The number of rotatable bonds is 18. The second-order valence-corrected chi connectivity index (χ2v) is 36.3. The number of aliphatic carboxylic acids is 2. The quantitative estimate of drug-likeness (QED) is 0.0222. The van der Waals surface area contributed by atoms with Gasteiger partial charge in [0.05, 0.1) is 63.7 Å². The maximum absolute atomic E-state index is 12.9. The number of hydrogen-bond donors (Lipinski definition) is 11. The lowest BCUT2D eigenvalue weighted by molar-refractivity contribution is -0.160. The van der Waals surface area contributed by atoms with E-state index in [2.05, 4.69) is 47.3 Å². The number of nitrogens with one attached hydrogen (secondary N) is 5. The molecule has 48 heteroatoms. The summed E-state index contributed by atoms with van der Waals surface area (Å²) in [5, 5.41) is 47.4. The first-order valence-electron chi connectivity index (χ1n) is 43.5. The number of fused-ring (bicyclic) bond motifs is 4. The SMILES string of the molecule is C1CCOC1.CC(C)(C)OC(=O)CBr.CC(C)(C)OC(=O)CC1CCC(=O)NC1=O.CC(C)(C)OC(=O)COc1cccc2c1C(=O)N(C1CCC(=O)NC1=O)C2=O.CC(C)(C)OC(=O)C[C@@H](CCC(N)=O)C(=O)O.NC1CCC(=O)NC1=O.O=C(O)COc1cccc2c1C(=O)N(C1CCC(=O)NC1=O)C2=O.O=C1CCC(N2C(=O)c3cccc(O)c3C2=O)C(=O)N1.O=C1OC(=O)c2c(O)cccc21.[2HH]. The van der Waals surface area contributed by atoms with E-state index < -0.39 is 185 Å². The van der Waals surface area contributed by atoms with Crippen LogP contribution >= 0.6 is 15.9 Å². The van der Waals surface area contributed by atoms with Gasteiger partial charge in [0.15, 0.2) is 13.2 Å². The van der Waals surface area contributed by atoms with E-state index >= 15 is 0 Å². The minimum Gasteiger partial charge on any atom is -0.507 e. The number of phenols is 2. The van der Waals surface area contributed by atoms with Crippen molar-refractivity contribution in [3.8, 4) is 23.0 Å². The number of piperidine rings is 5. The summed E-state index contributed by atoms with van der Waals surface area (Å²) < 4.78 is 39.9. The number of hydrogen-bond acceptors (Lipinski definition) is 36. The maximum Gasteiger partial charge on any atom is 0.350 e. The zero-order valence-electron chi connectivity index (χ0n) is 78.4. The number of amides is 17. The number of primary amides is 1. The molecule has 758 valence electrons. The molecule has 13 N–H and O–H groups in total. The van der Waals surface area contributed by atoms with Gasteiger partial charge in [0, 0.05) is 59.1 Å². The number of carbonyl (C=O) groups is 25. The zero-order valence-corrected chi connectivity index (χ0v) is 80.0. The summed E-state index contributed by atoms with van der Waals surface area (Å²) in [6.45, 7) is 22.0. The molecule has 47 nitrogen and oxygen atoms in total. The molecule has 0 bridgehead atoms. The smallest absolute Gasteiger partial charge is 0.350 e. The molecule has 4 aromatic carbocycles. The van der Waals surface area contributed by atoms with Crippen molar-refractivity contribution in [2.75, 3.05) is 31.8 Å². The molecule has 4 aromatic rings. The van der Waals surface area contributed by atoms with Crippen molar-refractivity contribution in [1.82, 2.24) is 41.3 Å². The Morgan fingerprint density at radius 3 is 1.14 bits per heavy atom. The first-order valence-corrected chi connectivity index (χ1v) is 44.6. The van der Waals surface area contributed by atoms with E-state index in [0.29, 0.717) is 25.7 Å². The van der Waals surface area contributed by atoms with Gasteiger partial charge in [-0.25, -0.2) is 19.2 Å². The van der Waals surface area contributed by atoms with Gasteiger partial charge in [-0.3, -0.25) is 142 Å². The fourth-order valence-corrected chi connectivity index (χ4v) is 13.9. The van der Waals surface area contributed by atoms with Crippen molar-refractivity contribution in [1.29, 1.82) is 0 Å². The molecule has 0 radical (unpaired) electrons. The lowest BCUT2D eigenvalue weighted by atomic mass is 9.95. The van der Waals surface area contributed by atoms with Crippen molar-refractivity contribution in [3.05, 3.63) is 117 Å². The number of aromatic hydroxyl groups is 2. The summed E-state index contributed by atoms with van der Waals surface area (Å²) in [4.78, 5) is 289. The molecule has 0 spiro atoms. The average molecular weight is 2030 g/mol. The van der Waals surface area contributed by atoms with Crippen LogP contribution in [0.2, 0.25) is 0 Å². The van der Waals surface area contributed by atoms with Gasteiger partial charge in [-0.15, -0.1) is 0 Å². The van der Waals surface area contributed by atoms with E-state index in [4.69, 9.17) is 59.9 Å². The average Bonchev–Trinajstić information content (AvgIpc) is 1.61. The molecular weight excluding hydrogens is 1920 g/mol. The number of nitrogens with two attached hydrogens (primary N) is 2. The minimum atomic E-state index is -1.23. The van der Waals surface area contributed by atoms with Gasteiger partial charge >= 0.3 is 47.8 Å². The lowest BCUT2D eigenvalue weighted by Crippen LogP contribution is -2.54. The van der Waals surface area contributed by atoms with E-state index in [0.717, 1.165) is 27.9 Å². The first kappa shape index (κ1) is 114. The van der Waals surface area contributed by atoms with Crippen LogP contribution in [0.1, 0.15) is 270 Å². The zero-order chi connectivity index (χ0) is 105. The number of alkyl halides is 1. The summed E-state index contributed by atoms with van der Waals surface area (Å²) in [5.41, 5.74) is 8.05. The molecule has 17 amide bonds. The summed E-state index contributed by atoms with van der Waals surface area (Å²) in [6.07, 6.45) is 4.21. The Hall–Kier alpha value is -15.0. The summed E-state index contributed by atoms with van der Waals surface area (Å²) in [6, 6.07) is 13.4. The fourth-order valence-electron chi connectivity index (χ4n) is 13.8. The topological polar surface area (TPSA) is 703 Å². The number of benzene rings is 4. The van der Waals surface area contributed by atoms with Crippen LogP contribution in [0, 0.1) is 11.8 Å². The molecule has 6 saturated heterocycles. The standard InChI is InChI=1S/C19H20N2O7.C15H12N2O7.C13H10N2O5.C11H19NO5.C11H17NO4.C8H4O4.C6H11BrO2.C5H8N2O2.C4H8O.H2/c1-19(2,3)28-14(23)9-27-12-6-4-5-10-15(12)18(26)21(17(10)25)11-7-8-13(22)20-16(11)24;18-10-5-4-8(13(21)16-10)17-14(22)7-2-1-3-9(12(7)15(17)23)24-6-11(19)20;16-8-3-1-2-6-10(8)13(20)15(12(6)19)7-4-5-9(17)14-11(7)18;1-11(2,3)17-9(14)6-7(10(15)16)4-5-8(12)13;1-11(2,3)16-9(14)6-7-4-5-8(13)12-10(7)15;9-5-3-1-2-4-6(5)8(11)12-7(4)10;1-6(2,3)9-5(8)4-7;6-3-1-2-4(8)7-5(3)9;1-2-4-5-3-1;/h4-6,11H,7-9H2,1-3H3,(H,20,22,24);1-3,8H,4-6H2,(H,19,20)(H,16,18,21);1-3,7,16H,4-5H2,(H,14,17,18);7H,4-6H2,1-3H3,(H2,12,13)(H,15,16);7H,4-6H2,1-3H3,(H,12,13,15);1-3,9H;4H2,1-3H3;3H,1-2,6H2,(H,7,8,9);1-4H2;1H/t;;;7-;;;;;;/m...1....../s1/i;;;;;;;;;1+1. The van der Waals surface area contributed by atoms with Crippen LogP contribution in [0.4, 0.5) is 0 Å². The van der Waals surface area contributed by atoms with Crippen molar-refractivity contribution in [2.45, 2.75) is 232 Å². The van der Waals surface area contributed by atoms with Gasteiger partial charge in [-0.1, -0.05) is 40.2 Å². The van der Waals surface area contributed by atoms with Crippen LogP contribution in [0.25, 0.3) is 0 Å². The largest absolute Gasteiger partial charge is 0.507 e. The third-order valence-corrected chi connectivity index (χ3v) is 20.3. The molecule has 6 atom stereocenters. The Morgan fingerprint density at radius 2 is 0.793 bits per heavy atom. The Balaban J connectivity index is 0.000000288. The van der Waals surface area contributed by atoms with E-state index in [1.807, 2.05) is 20.8 Å². The van der Waals surface area contributed by atoms with Crippen LogP contribution in [0.15, 0.2) is 72.8 Å². The fraction of sp³-hybridized carbons (Fsp3) is 0.467. The third kappa shape index (κ3) is 34.0. The molecule has 5 unspecified atom stereocenters. The van der Waals surface area contributed by atoms with Crippen molar-refractivity contribution in [3.63, 3.8) is 0 Å². The predicted octanol–water partition coefficient (Wildman–Crippen LogP) is 3.83. The number of phenolic OH excluding ortho intramolecular Hbond substituents is 2. The number of carbonyl (C=O) groups excluding carboxylic acids is 23. The summed E-state index contributed by atoms with van der Waals surface area (Å²) in [7, 11) is 0. The highest BCUT2D eigenvalue weighted by Crippen LogP contribution is 2.38. The molecule has 6 fully saturated rings. The molecule has 0 aliphatic carbocycles. The highest BCUT2D eigenvalue weighted by molar-refractivity contribution is 9.09. The minimum absolute atomic E-state index is 0. The van der Waals surface area contributed by atoms with Gasteiger partial charge in [0.25, 0.3) is 35.4 Å². The lowest BCUT2D eigenvalue weighted by Gasteiger charge is -2.27. The van der Waals surface area contributed by atoms with E-state index in [1.165, 1.54) is 85.6 Å². The second kappa shape index (κ2) is 50.4. The number of nitrogens with zero attached hydrogens (tertiary/aromatic N) is 3. The molecule has 10 aliphatic rings. The molecular formula is C92H111BrN10O37. The van der Waals surface area contributed by atoms with Gasteiger partial charge in [0.1, 0.15) is 74.4 Å². The molecule has 10 heterocycles. The molecule has 140 heavy (non-hydrogen) atoms. The van der Waals surface area contributed by atoms with Crippen LogP contribution < -0.4 is 47.5 Å². The number of imide groups is 8. The third-order valence-electron chi connectivity index (χ3n) is 19.8. The highest BCUT2D eigenvalue weighted by atomic mass is 79.9. The number of ether oxygens (including phenoxy) is 8. The highest BCUT2D eigenvalue weighted by Gasteiger charge is 2.50. The number of halogens is 1. The Labute approximate surface area is 809 Å². The van der Waals surface area contributed by atoms with Crippen LogP contribution in [0.3, 0.4) is 0 Å². The molecule has 14 rings (SSSR count). The van der Waals surface area contributed by atoms with Gasteiger partial charge in [-0.2, -0.15) is 0 Å². The summed E-state index contributed by atoms with van der Waals surface area (Å²) in [5.74, 6) is -16.9. The van der Waals surface area contributed by atoms with Gasteiger partial charge < -0.3 is 69.8 Å². The predicted molar refractivity (Wildman–Crippen MR) is 482 cm³/mol. The Bertz CT molecular complexity index is 5560. The number of esters is 6. The van der Waals surface area contributed by atoms with Gasteiger partial charge in [0.2, 0.25) is 65.0 Å². The van der Waals surface area contributed by atoms with Crippen molar-refractivity contribution >= 4 is 164 Å². The van der Waals surface area contributed by atoms with Crippen molar-refractivity contribution < 1.29 is 180 Å². The summed E-state index contributed by atoms with van der Waals surface area (Å²) >= 11 is 2.99. The molecule has 0 saturated carbocycles. The first-order chi connectivity index (χ1) is 65.2.